The number of ether oxygens (including phenoxy) is 4. The van der Waals surface area contributed by atoms with Crippen LogP contribution in [-0.4, -0.2) is 96.7 Å². The molecule has 0 rings (SSSR count). The van der Waals surface area contributed by atoms with Crippen LogP contribution in [0.4, 0.5) is 0 Å². The minimum Gasteiger partial charge on any atom is -0.462 e. The second-order valence-corrected chi connectivity index (χ2v) is 31.6. The molecule has 0 radical (unpaired) electrons. The van der Waals surface area contributed by atoms with E-state index in [1.165, 1.54) is 173 Å². The maximum absolute atomic E-state index is 13.1. The predicted molar refractivity (Wildman–Crippen MR) is 381 cm³/mol. The van der Waals surface area contributed by atoms with Gasteiger partial charge in [0.05, 0.1) is 26.4 Å². The topological polar surface area (TPSA) is 237 Å². The molecule has 0 fully saturated rings. The molecule has 94 heavy (non-hydrogen) atoms. The largest absolute Gasteiger partial charge is 0.472 e. The number of aliphatic hydroxyl groups is 1. The summed E-state index contributed by atoms with van der Waals surface area (Å²) in [6, 6.07) is 0. The molecule has 3 unspecified atom stereocenters. The summed E-state index contributed by atoms with van der Waals surface area (Å²) < 4.78 is 68.4. The average molecular weight is 1380 g/mol. The van der Waals surface area contributed by atoms with Crippen molar-refractivity contribution < 1.29 is 80.2 Å². The fraction of sp³-hybridized carbons (Fsp3) is 0.947. The van der Waals surface area contributed by atoms with Gasteiger partial charge in [0.25, 0.3) is 0 Å². The number of hydrogen-bond acceptors (Lipinski definition) is 15. The Labute approximate surface area is 575 Å². The molecule has 19 heteroatoms. The van der Waals surface area contributed by atoms with Gasteiger partial charge < -0.3 is 33.8 Å². The van der Waals surface area contributed by atoms with Gasteiger partial charge in [-0.05, 0) is 49.4 Å². The zero-order valence-electron chi connectivity index (χ0n) is 61.6. The highest BCUT2D eigenvalue weighted by atomic mass is 31.2. The average Bonchev–Trinajstić information content (AvgIpc) is 1.45. The molecule has 0 aromatic carbocycles. The van der Waals surface area contributed by atoms with E-state index in [-0.39, 0.29) is 25.7 Å². The van der Waals surface area contributed by atoms with Crippen LogP contribution in [0.1, 0.15) is 376 Å². The lowest BCUT2D eigenvalue weighted by Gasteiger charge is -2.21. The molecule has 0 bridgehead atoms. The van der Waals surface area contributed by atoms with E-state index in [1.807, 2.05) is 0 Å². The molecule has 3 N–H and O–H groups in total. The quantitative estimate of drug-likeness (QED) is 0.0222. The molecule has 0 amide bonds. The Morgan fingerprint density at radius 3 is 0.755 bits per heavy atom. The van der Waals surface area contributed by atoms with Crippen LogP contribution in [0.25, 0.3) is 0 Å². The van der Waals surface area contributed by atoms with Gasteiger partial charge in [-0.2, -0.15) is 0 Å². The van der Waals surface area contributed by atoms with E-state index in [2.05, 4.69) is 55.4 Å². The maximum Gasteiger partial charge on any atom is 0.472 e. The molecular formula is C75H146O17P2. The summed E-state index contributed by atoms with van der Waals surface area (Å²) in [5.41, 5.74) is 0. The Kier molecular flexibility index (Phi) is 63.1. The number of phosphoric acid groups is 2. The molecule has 0 saturated heterocycles. The van der Waals surface area contributed by atoms with Gasteiger partial charge in [0.1, 0.15) is 19.3 Å². The van der Waals surface area contributed by atoms with E-state index in [4.69, 9.17) is 37.0 Å². The Morgan fingerprint density at radius 1 is 0.298 bits per heavy atom. The van der Waals surface area contributed by atoms with Gasteiger partial charge in [0, 0.05) is 25.7 Å². The van der Waals surface area contributed by atoms with E-state index in [9.17, 15) is 43.2 Å². The summed E-state index contributed by atoms with van der Waals surface area (Å²) in [6.45, 7) is 14.1. The molecule has 0 saturated carbocycles. The highest BCUT2D eigenvalue weighted by Gasteiger charge is 2.30. The molecule has 0 aliphatic heterocycles. The number of rotatable bonds is 72. The predicted octanol–water partition coefficient (Wildman–Crippen LogP) is 21.7. The summed E-state index contributed by atoms with van der Waals surface area (Å²) >= 11 is 0. The maximum atomic E-state index is 13.1. The fourth-order valence-corrected chi connectivity index (χ4v) is 12.9. The first-order valence-electron chi connectivity index (χ1n) is 38.7. The standard InChI is InChI=1S/C75H146O17P2/c1-9-68(8)54-46-38-29-25-26-32-42-50-58-75(80)92-70(61-85-72(77)55-47-39-30-23-19-15-13-11-10-12-14-17-21-27-35-43-51-65(2)3)63-89-93(81,82)87-59-69(76)60-88-94(83,84)90-64-71(62-86-73(78)56-48-40-34-33-37-45-53-67(6)7)91-74(79)57-49-41-31-24-20-16-18-22-28-36-44-52-66(4)5/h65-71,76H,9-64H2,1-8H3,(H,81,82)(H,83,84)/t68?,69-,70-,71-/m1/s1. The lowest BCUT2D eigenvalue weighted by molar-refractivity contribution is -0.161. The Balaban J connectivity index is 5.20. The first kappa shape index (κ1) is 92.1. The van der Waals surface area contributed by atoms with E-state index in [0.717, 1.165) is 114 Å². The number of carbonyl (C=O) groups excluding carboxylic acids is 4. The van der Waals surface area contributed by atoms with Crippen LogP contribution in [0.2, 0.25) is 0 Å². The van der Waals surface area contributed by atoms with Crippen molar-refractivity contribution in [3.05, 3.63) is 0 Å². The molecule has 0 spiro atoms. The fourth-order valence-electron chi connectivity index (χ4n) is 11.3. The molecule has 0 aliphatic rings. The molecule has 558 valence electrons. The Morgan fingerprint density at radius 2 is 0.511 bits per heavy atom. The van der Waals surface area contributed by atoms with Crippen molar-refractivity contribution in [2.24, 2.45) is 23.7 Å². The van der Waals surface area contributed by atoms with Crippen molar-refractivity contribution in [1.29, 1.82) is 0 Å². The molecule has 17 nitrogen and oxygen atoms in total. The van der Waals surface area contributed by atoms with E-state index >= 15 is 0 Å². The number of unbranched alkanes of at least 4 members (excludes halogenated alkanes) is 37. The van der Waals surface area contributed by atoms with E-state index in [1.54, 1.807) is 0 Å². The number of aliphatic hydroxyl groups excluding tert-OH is 1. The van der Waals surface area contributed by atoms with Gasteiger partial charge in [0.15, 0.2) is 12.2 Å². The van der Waals surface area contributed by atoms with Crippen LogP contribution in [0.5, 0.6) is 0 Å². The summed E-state index contributed by atoms with van der Waals surface area (Å²) in [5.74, 6) is 0.901. The summed E-state index contributed by atoms with van der Waals surface area (Å²) in [6.07, 6.45) is 48.7. The molecule has 0 aromatic rings. The van der Waals surface area contributed by atoms with Crippen molar-refractivity contribution in [1.82, 2.24) is 0 Å². The first-order valence-corrected chi connectivity index (χ1v) is 41.7. The number of carbonyl (C=O) groups is 4. The van der Waals surface area contributed by atoms with Gasteiger partial charge in [-0.1, -0.05) is 325 Å². The van der Waals surface area contributed by atoms with Gasteiger partial charge in [-0.15, -0.1) is 0 Å². The molecule has 6 atom stereocenters. The third kappa shape index (κ3) is 67.3. The van der Waals surface area contributed by atoms with Crippen molar-refractivity contribution in [2.45, 2.75) is 395 Å². The van der Waals surface area contributed by atoms with Crippen molar-refractivity contribution in [3.63, 3.8) is 0 Å². The van der Waals surface area contributed by atoms with Crippen molar-refractivity contribution in [3.8, 4) is 0 Å². The summed E-state index contributed by atoms with van der Waals surface area (Å²) in [5, 5.41) is 10.6. The smallest absolute Gasteiger partial charge is 0.462 e. The minimum atomic E-state index is -4.96. The van der Waals surface area contributed by atoms with Crippen LogP contribution >= 0.6 is 15.6 Å². The Hall–Kier alpha value is -1.94. The first-order chi connectivity index (χ1) is 45.1. The SMILES string of the molecule is CCC(C)CCCCCCCCCCC(=O)O[C@H](COC(=O)CCCCCCCCCCCCCCCCCCC(C)C)COP(=O)(O)OC[C@@H](O)COP(=O)(O)OC[C@@H](COC(=O)CCCCCCCCC(C)C)OC(=O)CCCCCCCCCCCCCC(C)C. The van der Waals surface area contributed by atoms with Gasteiger partial charge >= 0.3 is 39.5 Å². The Bertz CT molecular complexity index is 1850. The van der Waals surface area contributed by atoms with Crippen LogP contribution in [0.3, 0.4) is 0 Å². The summed E-state index contributed by atoms with van der Waals surface area (Å²) in [7, 11) is -9.91. The minimum absolute atomic E-state index is 0.105. The normalized spacial score (nSPS) is 14.4. The van der Waals surface area contributed by atoms with Crippen LogP contribution in [0.15, 0.2) is 0 Å². The van der Waals surface area contributed by atoms with Crippen LogP contribution < -0.4 is 0 Å². The van der Waals surface area contributed by atoms with Crippen molar-refractivity contribution in [2.75, 3.05) is 39.6 Å². The lowest BCUT2D eigenvalue weighted by atomic mass is 9.99. The van der Waals surface area contributed by atoms with Crippen LogP contribution in [0, 0.1) is 23.7 Å². The molecule has 0 aliphatic carbocycles. The molecular weight excluding hydrogens is 1230 g/mol. The molecule has 0 heterocycles. The van der Waals surface area contributed by atoms with Gasteiger partial charge in [0.2, 0.25) is 0 Å². The van der Waals surface area contributed by atoms with Crippen molar-refractivity contribution >= 4 is 39.5 Å². The third-order valence-electron chi connectivity index (χ3n) is 17.7. The van der Waals surface area contributed by atoms with Crippen LogP contribution in [-0.2, 0) is 65.4 Å². The van der Waals surface area contributed by atoms with Gasteiger partial charge in [-0.3, -0.25) is 37.3 Å². The van der Waals surface area contributed by atoms with Gasteiger partial charge in [-0.25, -0.2) is 9.13 Å². The highest BCUT2D eigenvalue weighted by molar-refractivity contribution is 7.47. The lowest BCUT2D eigenvalue weighted by Crippen LogP contribution is -2.30. The third-order valence-corrected chi connectivity index (χ3v) is 19.6. The second-order valence-electron chi connectivity index (χ2n) is 28.7. The second kappa shape index (κ2) is 64.4. The zero-order chi connectivity index (χ0) is 69.6. The summed E-state index contributed by atoms with van der Waals surface area (Å²) in [4.78, 5) is 72.7. The van der Waals surface area contributed by atoms with E-state index < -0.39 is 97.5 Å². The van der Waals surface area contributed by atoms with E-state index in [0.29, 0.717) is 31.6 Å². The number of phosphoric ester groups is 2. The number of esters is 4. The monoisotopic (exact) mass is 1380 g/mol. The molecule has 0 aromatic heterocycles. The number of hydrogen-bond donors (Lipinski definition) is 3. The zero-order valence-corrected chi connectivity index (χ0v) is 63.4. The highest BCUT2D eigenvalue weighted by Crippen LogP contribution is 2.45.